The molecular formula is C23H29BrN2O2Si. The van der Waals surface area contributed by atoms with Gasteiger partial charge in [0, 0.05) is 20.8 Å². The van der Waals surface area contributed by atoms with Gasteiger partial charge in [-0.2, -0.15) is 0 Å². The molecule has 1 heterocycles. The lowest BCUT2D eigenvalue weighted by Gasteiger charge is -2.39. The summed E-state index contributed by atoms with van der Waals surface area (Å²) in [6, 6.07) is 10.6. The normalized spacial score (nSPS) is 16.5. The number of fused-ring (bicyclic) bond motifs is 3. The molecule has 6 heteroatoms. The first-order chi connectivity index (χ1) is 13.4. The first-order valence-corrected chi connectivity index (χ1v) is 13.9. The van der Waals surface area contributed by atoms with Crippen molar-refractivity contribution in [1.82, 2.24) is 4.98 Å². The van der Waals surface area contributed by atoms with E-state index in [0.29, 0.717) is 0 Å². The first-order valence-electron chi connectivity index (χ1n) is 10.2. The SMILES string of the molecule is CC(C)(C)[Si](C)(C)OC1(c2ccc3c(c2)[nH]c2c(CC(N)=O)ccc(Br)c23)CC1. The number of rotatable bonds is 5. The van der Waals surface area contributed by atoms with E-state index in [0.717, 1.165) is 44.7 Å². The third-order valence-corrected chi connectivity index (χ3v) is 11.8. The Morgan fingerprint density at radius 1 is 1.24 bits per heavy atom. The molecule has 1 saturated carbocycles. The van der Waals surface area contributed by atoms with Crippen LogP contribution in [0.5, 0.6) is 0 Å². The van der Waals surface area contributed by atoms with Gasteiger partial charge < -0.3 is 15.1 Å². The molecule has 0 saturated heterocycles. The van der Waals surface area contributed by atoms with E-state index in [-0.39, 0.29) is 23.0 Å². The summed E-state index contributed by atoms with van der Waals surface area (Å²) in [5, 5.41) is 2.42. The molecule has 0 aliphatic heterocycles. The zero-order chi connectivity index (χ0) is 21.2. The molecule has 4 nitrogen and oxygen atoms in total. The van der Waals surface area contributed by atoms with Crippen LogP contribution >= 0.6 is 15.9 Å². The number of H-pyrrole nitrogens is 1. The first kappa shape index (κ1) is 20.6. The molecule has 154 valence electrons. The summed E-state index contributed by atoms with van der Waals surface area (Å²) in [6.07, 6.45) is 2.37. The van der Waals surface area contributed by atoms with Gasteiger partial charge in [0.15, 0.2) is 8.32 Å². The van der Waals surface area contributed by atoms with E-state index >= 15 is 0 Å². The number of carbonyl (C=O) groups excluding carboxylic acids is 1. The van der Waals surface area contributed by atoms with Crippen molar-refractivity contribution in [2.75, 3.05) is 0 Å². The monoisotopic (exact) mass is 472 g/mol. The van der Waals surface area contributed by atoms with Crippen LogP contribution in [0.4, 0.5) is 0 Å². The van der Waals surface area contributed by atoms with Crippen LogP contribution in [0, 0.1) is 0 Å². The molecule has 1 aliphatic carbocycles. The van der Waals surface area contributed by atoms with Gasteiger partial charge in [0.25, 0.3) is 0 Å². The highest BCUT2D eigenvalue weighted by Crippen LogP contribution is 2.54. The van der Waals surface area contributed by atoms with E-state index < -0.39 is 8.32 Å². The zero-order valence-electron chi connectivity index (χ0n) is 17.8. The minimum Gasteiger partial charge on any atom is -0.407 e. The number of hydrogen-bond acceptors (Lipinski definition) is 2. The third kappa shape index (κ3) is 3.55. The van der Waals surface area contributed by atoms with E-state index in [1.165, 1.54) is 5.56 Å². The minimum atomic E-state index is -1.87. The molecule has 1 aromatic heterocycles. The average Bonchev–Trinajstić information content (AvgIpc) is 3.26. The predicted molar refractivity (Wildman–Crippen MR) is 126 cm³/mol. The molecule has 0 unspecified atom stereocenters. The molecule has 3 aromatic rings. The minimum absolute atomic E-state index is 0.151. The van der Waals surface area contributed by atoms with Crippen LogP contribution in [0.25, 0.3) is 21.8 Å². The zero-order valence-corrected chi connectivity index (χ0v) is 20.4. The smallest absolute Gasteiger partial charge is 0.221 e. The number of nitrogens with one attached hydrogen (secondary N) is 1. The summed E-state index contributed by atoms with van der Waals surface area (Å²) in [7, 11) is -1.87. The van der Waals surface area contributed by atoms with Crippen molar-refractivity contribution in [3.05, 3.63) is 45.9 Å². The number of halogens is 1. The average molecular weight is 473 g/mol. The fraction of sp³-hybridized carbons (Fsp3) is 0.435. The lowest BCUT2D eigenvalue weighted by atomic mass is 10.0. The van der Waals surface area contributed by atoms with Crippen molar-refractivity contribution < 1.29 is 9.22 Å². The molecule has 0 bridgehead atoms. The molecule has 1 aliphatic rings. The van der Waals surface area contributed by atoms with Crippen LogP contribution in [0.1, 0.15) is 44.7 Å². The molecule has 1 amide bonds. The number of amides is 1. The van der Waals surface area contributed by atoms with Gasteiger partial charge in [-0.25, -0.2) is 0 Å². The Hall–Kier alpha value is -1.63. The van der Waals surface area contributed by atoms with Crippen molar-refractivity contribution in [2.45, 2.75) is 63.8 Å². The summed E-state index contributed by atoms with van der Waals surface area (Å²) in [5.74, 6) is -0.326. The van der Waals surface area contributed by atoms with Crippen molar-refractivity contribution in [3.63, 3.8) is 0 Å². The molecule has 0 radical (unpaired) electrons. The molecule has 4 rings (SSSR count). The van der Waals surface area contributed by atoms with E-state index in [4.69, 9.17) is 10.2 Å². The highest BCUT2D eigenvalue weighted by atomic mass is 79.9. The largest absolute Gasteiger partial charge is 0.407 e. The van der Waals surface area contributed by atoms with Crippen LogP contribution < -0.4 is 5.73 Å². The van der Waals surface area contributed by atoms with Crippen molar-refractivity contribution in [1.29, 1.82) is 0 Å². The molecule has 2 aromatic carbocycles. The van der Waals surface area contributed by atoms with Gasteiger partial charge in [0.05, 0.1) is 17.5 Å². The fourth-order valence-electron chi connectivity index (χ4n) is 3.85. The molecule has 1 fully saturated rings. The Kier molecular flexibility index (Phi) is 4.76. The second-order valence-corrected chi connectivity index (χ2v) is 15.4. The Labute approximate surface area is 181 Å². The van der Waals surface area contributed by atoms with Crippen molar-refractivity contribution in [2.24, 2.45) is 5.73 Å². The highest BCUT2D eigenvalue weighted by Gasteiger charge is 2.52. The van der Waals surface area contributed by atoms with E-state index in [9.17, 15) is 4.79 Å². The number of carbonyl (C=O) groups is 1. The second-order valence-electron chi connectivity index (χ2n) is 9.84. The fourth-order valence-corrected chi connectivity index (χ4v) is 6.00. The van der Waals surface area contributed by atoms with Gasteiger partial charge in [-0.15, -0.1) is 0 Å². The summed E-state index contributed by atoms with van der Waals surface area (Å²) in [4.78, 5) is 15.0. The maximum Gasteiger partial charge on any atom is 0.221 e. The van der Waals surface area contributed by atoms with Crippen LogP contribution in [0.2, 0.25) is 18.1 Å². The summed E-state index contributed by atoms with van der Waals surface area (Å²) >= 11 is 3.67. The molecule has 3 N–H and O–H groups in total. The van der Waals surface area contributed by atoms with Gasteiger partial charge in [0.2, 0.25) is 5.91 Å². The standard InChI is InChI=1S/C23H29BrN2O2Si/c1-22(2,3)29(4,5)28-23(10-11-23)15-7-8-16-18(13-15)26-21-14(12-19(25)27)6-9-17(24)20(16)21/h6-9,13,26H,10-12H2,1-5H3,(H2,25,27). The Morgan fingerprint density at radius 3 is 2.52 bits per heavy atom. The van der Waals surface area contributed by atoms with E-state index in [2.05, 4.69) is 73.0 Å². The topological polar surface area (TPSA) is 68.1 Å². The lowest BCUT2D eigenvalue weighted by molar-refractivity contribution is -0.117. The van der Waals surface area contributed by atoms with Crippen LogP contribution in [0.15, 0.2) is 34.8 Å². The van der Waals surface area contributed by atoms with Crippen LogP contribution in [-0.4, -0.2) is 19.2 Å². The number of nitrogens with two attached hydrogens (primary N) is 1. The van der Waals surface area contributed by atoms with Gasteiger partial charge in [0.1, 0.15) is 0 Å². The summed E-state index contributed by atoms with van der Waals surface area (Å²) < 4.78 is 7.88. The predicted octanol–water partition coefficient (Wildman–Crippen LogP) is 6.12. The second kappa shape index (κ2) is 6.69. The highest BCUT2D eigenvalue weighted by molar-refractivity contribution is 9.10. The molecular weight excluding hydrogens is 444 g/mol. The maximum atomic E-state index is 11.5. The summed E-state index contributed by atoms with van der Waals surface area (Å²) in [5.41, 5.74) is 9.51. The molecule has 0 atom stereocenters. The number of primary amides is 1. The Bertz CT molecular complexity index is 1120. The van der Waals surface area contributed by atoms with Gasteiger partial charge in [-0.05, 0) is 54.2 Å². The summed E-state index contributed by atoms with van der Waals surface area (Å²) in [6.45, 7) is 11.5. The quantitative estimate of drug-likeness (QED) is 0.438. The van der Waals surface area contributed by atoms with Gasteiger partial charge in [-0.3, -0.25) is 4.79 Å². The molecule has 29 heavy (non-hydrogen) atoms. The third-order valence-electron chi connectivity index (χ3n) is 6.64. The molecule has 0 spiro atoms. The maximum absolute atomic E-state index is 11.5. The number of aromatic nitrogens is 1. The lowest BCUT2D eigenvalue weighted by Crippen LogP contribution is -2.44. The van der Waals surface area contributed by atoms with Crippen molar-refractivity contribution >= 4 is 52.0 Å². The Balaban J connectivity index is 1.80. The van der Waals surface area contributed by atoms with Crippen molar-refractivity contribution in [3.8, 4) is 0 Å². The Morgan fingerprint density at radius 2 is 1.93 bits per heavy atom. The number of benzene rings is 2. The van der Waals surface area contributed by atoms with Gasteiger partial charge >= 0.3 is 0 Å². The number of hydrogen-bond donors (Lipinski definition) is 2. The van der Waals surface area contributed by atoms with Gasteiger partial charge in [-0.1, -0.05) is 54.9 Å². The van der Waals surface area contributed by atoms with Crippen LogP contribution in [0.3, 0.4) is 0 Å². The number of aromatic amines is 1. The van der Waals surface area contributed by atoms with Crippen LogP contribution in [-0.2, 0) is 21.2 Å². The van der Waals surface area contributed by atoms with E-state index in [1.54, 1.807) is 0 Å². The van der Waals surface area contributed by atoms with E-state index in [1.807, 2.05) is 12.1 Å².